The van der Waals surface area contributed by atoms with Gasteiger partial charge in [0.1, 0.15) is 6.17 Å². The molecule has 0 saturated carbocycles. The molecule has 162 valence electrons. The first kappa shape index (κ1) is 21.1. The number of fused-ring (bicyclic) bond motifs is 5. The SMILES string of the molecule is CC(C)CNC(=O)CCCCCN1C(=O)c2ccccc2N2C(=O)c3ccccc3[C@@H]12. The van der Waals surface area contributed by atoms with Crippen molar-refractivity contribution in [1.82, 2.24) is 10.2 Å². The second-order valence-corrected chi connectivity index (χ2v) is 8.66. The monoisotopic (exact) mass is 419 g/mol. The third-order valence-electron chi connectivity index (χ3n) is 5.89. The lowest BCUT2D eigenvalue weighted by molar-refractivity contribution is -0.121. The van der Waals surface area contributed by atoms with Crippen LogP contribution in [0.25, 0.3) is 0 Å². The van der Waals surface area contributed by atoms with Gasteiger partial charge >= 0.3 is 0 Å². The highest BCUT2D eigenvalue weighted by atomic mass is 16.2. The van der Waals surface area contributed by atoms with Crippen LogP contribution in [0, 0.1) is 5.92 Å². The number of hydrogen-bond donors (Lipinski definition) is 1. The molecule has 2 heterocycles. The van der Waals surface area contributed by atoms with Crippen LogP contribution in [0.4, 0.5) is 5.69 Å². The Kier molecular flexibility index (Phi) is 6.07. The molecule has 0 bridgehead atoms. The highest BCUT2D eigenvalue weighted by molar-refractivity contribution is 6.16. The van der Waals surface area contributed by atoms with Gasteiger partial charge in [0.2, 0.25) is 5.91 Å². The first-order valence-corrected chi connectivity index (χ1v) is 11.1. The number of hydrogen-bond acceptors (Lipinski definition) is 3. The Labute approximate surface area is 183 Å². The van der Waals surface area contributed by atoms with Crippen molar-refractivity contribution in [1.29, 1.82) is 0 Å². The van der Waals surface area contributed by atoms with Gasteiger partial charge in [-0.15, -0.1) is 0 Å². The van der Waals surface area contributed by atoms with E-state index in [1.54, 1.807) is 11.0 Å². The van der Waals surface area contributed by atoms with E-state index in [9.17, 15) is 14.4 Å². The van der Waals surface area contributed by atoms with Crippen LogP contribution >= 0.6 is 0 Å². The number of rotatable bonds is 8. The maximum absolute atomic E-state index is 13.3. The van der Waals surface area contributed by atoms with E-state index in [1.807, 2.05) is 47.4 Å². The van der Waals surface area contributed by atoms with E-state index in [1.165, 1.54) is 0 Å². The molecule has 0 radical (unpaired) electrons. The van der Waals surface area contributed by atoms with Crippen LogP contribution < -0.4 is 10.2 Å². The van der Waals surface area contributed by atoms with Crippen LogP contribution in [-0.4, -0.2) is 35.7 Å². The van der Waals surface area contributed by atoms with Gasteiger partial charge in [0.15, 0.2) is 0 Å². The van der Waals surface area contributed by atoms with Gasteiger partial charge in [-0.25, -0.2) is 0 Å². The predicted octanol–water partition coefficient (Wildman–Crippen LogP) is 4.13. The van der Waals surface area contributed by atoms with Crippen molar-refractivity contribution >= 4 is 23.4 Å². The largest absolute Gasteiger partial charge is 0.356 e. The summed E-state index contributed by atoms with van der Waals surface area (Å²) in [7, 11) is 0. The van der Waals surface area contributed by atoms with Crippen molar-refractivity contribution in [2.45, 2.75) is 45.7 Å². The van der Waals surface area contributed by atoms with Crippen LogP contribution in [0.5, 0.6) is 0 Å². The lowest BCUT2D eigenvalue weighted by atomic mass is 10.0. The molecule has 6 nitrogen and oxygen atoms in total. The number of nitrogens with zero attached hydrogens (tertiary/aromatic N) is 2. The number of benzene rings is 2. The molecule has 0 unspecified atom stereocenters. The number of amides is 3. The standard InChI is InChI=1S/C25H29N3O3/c1-17(2)16-26-22(29)14-4-3-9-15-27-23-18-10-5-6-11-19(18)25(31)28(23)21-13-8-7-12-20(21)24(27)30/h5-8,10-13,17,23H,3-4,9,14-16H2,1-2H3,(H,26,29)/t23-/m0/s1. The molecule has 2 aromatic rings. The highest BCUT2D eigenvalue weighted by Gasteiger charge is 2.47. The number of carbonyl (C=O) groups is 3. The van der Waals surface area contributed by atoms with Crippen molar-refractivity contribution in [2.75, 3.05) is 18.0 Å². The number of para-hydroxylation sites is 1. The van der Waals surface area contributed by atoms with Crippen molar-refractivity contribution in [2.24, 2.45) is 5.92 Å². The van der Waals surface area contributed by atoms with E-state index >= 15 is 0 Å². The fraction of sp³-hybridized carbons (Fsp3) is 0.400. The summed E-state index contributed by atoms with van der Waals surface area (Å²) in [5.41, 5.74) is 2.77. The van der Waals surface area contributed by atoms with Gasteiger partial charge in [0, 0.05) is 30.6 Å². The van der Waals surface area contributed by atoms with Gasteiger partial charge in [0.05, 0.1) is 11.3 Å². The minimum atomic E-state index is -0.402. The maximum Gasteiger partial charge on any atom is 0.260 e. The second kappa shape index (κ2) is 8.92. The van der Waals surface area contributed by atoms with Crippen molar-refractivity contribution in [3.8, 4) is 0 Å². The van der Waals surface area contributed by atoms with Crippen molar-refractivity contribution in [3.63, 3.8) is 0 Å². The summed E-state index contributed by atoms with van der Waals surface area (Å²) in [5.74, 6) is 0.415. The molecule has 1 N–H and O–H groups in total. The molecular weight excluding hydrogens is 390 g/mol. The summed E-state index contributed by atoms with van der Waals surface area (Å²) in [6.45, 7) is 5.39. The van der Waals surface area contributed by atoms with E-state index in [0.29, 0.717) is 42.2 Å². The first-order valence-electron chi connectivity index (χ1n) is 11.1. The fourth-order valence-electron chi connectivity index (χ4n) is 4.35. The minimum absolute atomic E-state index is 0.0453. The number of unbranched alkanes of at least 4 members (excludes halogenated alkanes) is 2. The molecular formula is C25H29N3O3. The Morgan fingerprint density at radius 3 is 2.42 bits per heavy atom. The lowest BCUT2D eigenvalue weighted by Crippen LogP contribution is -2.48. The molecule has 0 saturated heterocycles. The van der Waals surface area contributed by atoms with E-state index < -0.39 is 6.17 Å². The molecule has 0 spiro atoms. The summed E-state index contributed by atoms with van der Waals surface area (Å²) in [4.78, 5) is 41.9. The van der Waals surface area contributed by atoms with E-state index in [2.05, 4.69) is 19.2 Å². The van der Waals surface area contributed by atoms with Crippen molar-refractivity contribution < 1.29 is 14.4 Å². The molecule has 2 aliphatic heterocycles. The van der Waals surface area contributed by atoms with Gasteiger partial charge in [-0.1, -0.05) is 50.6 Å². The van der Waals surface area contributed by atoms with Crippen molar-refractivity contribution in [3.05, 3.63) is 65.2 Å². The Hall–Kier alpha value is -3.15. The van der Waals surface area contributed by atoms with E-state index in [4.69, 9.17) is 0 Å². The van der Waals surface area contributed by atoms with E-state index in [-0.39, 0.29) is 17.7 Å². The summed E-state index contributed by atoms with van der Waals surface area (Å²) in [6.07, 6.45) is 2.52. The zero-order valence-corrected chi connectivity index (χ0v) is 18.1. The highest BCUT2D eigenvalue weighted by Crippen LogP contribution is 2.45. The Morgan fingerprint density at radius 2 is 1.65 bits per heavy atom. The molecule has 0 fully saturated rings. The van der Waals surface area contributed by atoms with Crippen LogP contribution in [0.2, 0.25) is 0 Å². The topological polar surface area (TPSA) is 69.7 Å². The van der Waals surface area contributed by atoms with Crippen LogP contribution in [0.1, 0.15) is 72.0 Å². The Morgan fingerprint density at radius 1 is 0.935 bits per heavy atom. The first-order chi connectivity index (χ1) is 15.0. The van der Waals surface area contributed by atoms with Crippen LogP contribution in [0.3, 0.4) is 0 Å². The third-order valence-corrected chi connectivity index (χ3v) is 5.89. The Bertz CT molecular complexity index is 1000. The average molecular weight is 420 g/mol. The normalized spacial score (nSPS) is 16.9. The lowest BCUT2D eigenvalue weighted by Gasteiger charge is -2.41. The molecule has 6 heteroatoms. The molecule has 0 aliphatic carbocycles. The maximum atomic E-state index is 13.3. The Balaban J connectivity index is 1.46. The molecule has 4 rings (SSSR count). The van der Waals surface area contributed by atoms with Gasteiger partial charge < -0.3 is 10.2 Å². The summed E-state index contributed by atoms with van der Waals surface area (Å²) >= 11 is 0. The molecule has 1 atom stereocenters. The molecule has 2 aromatic carbocycles. The number of anilines is 1. The molecule has 2 aliphatic rings. The summed E-state index contributed by atoms with van der Waals surface area (Å²) in [6, 6.07) is 14.9. The quantitative estimate of drug-likeness (QED) is 0.654. The van der Waals surface area contributed by atoms with Crippen LogP contribution in [0.15, 0.2) is 48.5 Å². The number of carbonyl (C=O) groups excluding carboxylic acids is 3. The average Bonchev–Trinajstić information content (AvgIpc) is 3.07. The predicted molar refractivity (Wildman–Crippen MR) is 120 cm³/mol. The third kappa shape index (κ3) is 4.07. The van der Waals surface area contributed by atoms with E-state index in [0.717, 1.165) is 24.8 Å². The zero-order chi connectivity index (χ0) is 22.0. The fourth-order valence-corrected chi connectivity index (χ4v) is 4.35. The summed E-state index contributed by atoms with van der Waals surface area (Å²) in [5, 5.41) is 2.94. The summed E-state index contributed by atoms with van der Waals surface area (Å²) < 4.78 is 0. The number of nitrogens with one attached hydrogen (secondary N) is 1. The molecule has 3 amide bonds. The minimum Gasteiger partial charge on any atom is -0.356 e. The zero-order valence-electron chi connectivity index (χ0n) is 18.1. The van der Waals surface area contributed by atoms with Gasteiger partial charge in [-0.2, -0.15) is 0 Å². The van der Waals surface area contributed by atoms with Crippen LogP contribution in [-0.2, 0) is 4.79 Å². The van der Waals surface area contributed by atoms with Gasteiger partial charge in [0.25, 0.3) is 11.8 Å². The molecule has 31 heavy (non-hydrogen) atoms. The van der Waals surface area contributed by atoms with Gasteiger partial charge in [-0.3, -0.25) is 19.3 Å². The van der Waals surface area contributed by atoms with Gasteiger partial charge in [-0.05, 0) is 37.0 Å². The molecule has 0 aromatic heterocycles. The smallest absolute Gasteiger partial charge is 0.260 e. The second-order valence-electron chi connectivity index (χ2n) is 8.66.